The first kappa shape index (κ1) is 14.2. The standard InChI is InChI=1S/C17H26N4O/c1-21-16(10-5-6-10)14(9-19-21)17(22)20-15-11-3-2-4-12(15)8-13(18)7-11/h9-13,15H,2-8,18H2,1H3,(H,20,22). The molecule has 0 radical (unpaired) electrons. The van der Waals surface area contributed by atoms with E-state index in [2.05, 4.69) is 10.4 Å². The Kier molecular flexibility index (Phi) is 3.48. The summed E-state index contributed by atoms with van der Waals surface area (Å²) in [4.78, 5) is 12.8. The zero-order valence-corrected chi connectivity index (χ0v) is 13.3. The fourth-order valence-corrected chi connectivity index (χ4v) is 4.72. The molecule has 3 N–H and O–H groups in total. The smallest absolute Gasteiger partial charge is 0.255 e. The van der Waals surface area contributed by atoms with Gasteiger partial charge in [-0.05, 0) is 50.4 Å². The van der Waals surface area contributed by atoms with Crippen LogP contribution in [0.1, 0.15) is 66.9 Å². The third-order valence-electron chi connectivity index (χ3n) is 5.87. The van der Waals surface area contributed by atoms with Crippen molar-refractivity contribution in [2.75, 3.05) is 0 Å². The molecule has 3 saturated carbocycles. The maximum atomic E-state index is 12.8. The molecule has 5 heteroatoms. The van der Waals surface area contributed by atoms with Crippen LogP contribution in [0.2, 0.25) is 0 Å². The molecule has 1 aromatic rings. The summed E-state index contributed by atoms with van der Waals surface area (Å²) in [6, 6.07) is 0.636. The molecule has 0 aromatic carbocycles. The molecule has 2 unspecified atom stereocenters. The fraction of sp³-hybridized carbons (Fsp3) is 0.765. The first-order valence-corrected chi connectivity index (χ1v) is 8.72. The SMILES string of the molecule is Cn1ncc(C(=O)NC2C3CCCC2CC(N)C3)c1C1CC1. The van der Waals surface area contributed by atoms with Crippen LogP contribution in [0.3, 0.4) is 0 Å². The molecule has 3 aliphatic carbocycles. The number of carbonyl (C=O) groups excluding carboxylic acids is 1. The highest BCUT2D eigenvalue weighted by molar-refractivity contribution is 5.95. The third-order valence-corrected chi connectivity index (χ3v) is 5.87. The highest BCUT2D eigenvalue weighted by Gasteiger charge is 2.41. The highest BCUT2D eigenvalue weighted by atomic mass is 16.1. The van der Waals surface area contributed by atoms with E-state index >= 15 is 0 Å². The molecule has 1 amide bonds. The van der Waals surface area contributed by atoms with Crippen LogP contribution in [0.4, 0.5) is 0 Å². The van der Waals surface area contributed by atoms with Gasteiger partial charge in [-0.25, -0.2) is 0 Å². The van der Waals surface area contributed by atoms with Crippen molar-refractivity contribution in [3.63, 3.8) is 0 Å². The minimum atomic E-state index is 0.0763. The molecule has 1 heterocycles. The molecule has 22 heavy (non-hydrogen) atoms. The first-order chi connectivity index (χ1) is 10.6. The number of hydrogen-bond acceptors (Lipinski definition) is 3. The van der Waals surface area contributed by atoms with Gasteiger partial charge in [-0.3, -0.25) is 9.48 Å². The number of fused-ring (bicyclic) bond motifs is 2. The van der Waals surface area contributed by atoms with Gasteiger partial charge in [0.15, 0.2) is 0 Å². The van der Waals surface area contributed by atoms with E-state index in [0.29, 0.717) is 29.8 Å². The summed E-state index contributed by atoms with van der Waals surface area (Å²) in [7, 11) is 1.94. The van der Waals surface area contributed by atoms with Crippen molar-refractivity contribution >= 4 is 5.91 Å². The zero-order chi connectivity index (χ0) is 15.3. The Balaban J connectivity index is 1.52. The molecule has 2 atom stereocenters. The van der Waals surface area contributed by atoms with E-state index in [9.17, 15) is 4.79 Å². The van der Waals surface area contributed by atoms with Crippen molar-refractivity contribution in [1.82, 2.24) is 15.1 Å². The van der Waals surface area contributed by atoms with E-state index < -0.39 is 0 Å². The van der Waals surface area contributed by atoms with Crippen LogP contribution in [0.5, 0.6) is 0 Å². The summed E-state index contributed by atoms with van der Waals surface area (Å²) in [6.07, 6.45) is 9.93. The van der Waals surface area contributed by atoms with Crippen LogP contribution in [0.15, 0.2) is 6.20 Å². The Morgan fingerprint density at radius 2 is 1.95 bits per heavy atom. The molecule has 1 aromatic heterocycles. The topological polar surface area (TPSA) is 72.9 Å². The van der Waals surface area contributed by atoms with Gasteiger partial charge in [0.05, 0.1) is 17.5 Å². The number of hydrogen-bond donors (Lipinski definition) is 2. The summed E-state index contributed by atoms with van der Waals surface area (Å²) in [6.45, 7) is 0. The molecule has 0 aliphatic heterocycles. The Morgan fingerprint density at radius 1 is 1.27 bits per heavy atom. The van der Waals surface area contributed by atoms with Crippen LogP contribution < -0.4 is 11.1 Å². The summed E-state index contributed by atoms with van der Waals surface area (Å²) >= 11 is 0. The van der Waals surface area contributed by atoms with Gasteiger partial charge in [0.25, 0.3) is 5.91 Å². The van der Waals surface area contributed by atoms with Crippen LogP contribution in [0, 0.1) is 11.8 Å². The average Bonchev–Trinajstić information content (AvgIpc) is 3.22. The van der Waals surface area contributed by atoms with Gasteiger partial charge in [-0.1, -0.05) is 6.42 Å². The number of aryl methyl sites for hydroxylation is 1. The molecule has 120 valence electrons. The lowest BCUT2D eigenvalue weighted by Gasteiger charge is -2.45. The van der Waals surface area contributed by atoms with Crippen molar-refractivity contribution in [3.8, 4) is 0 Å². The van der Waals surface area contributed by atoms with Crippen molar-refractivity contribution in [3.05, 3.63) is 17.5 Å². The summed E-state index contributed by atoms with van der Waals surface area (Å²) in [5, 5.41) is 7.66. The lowest BCUT2D eigenvalue weighted by Crippen LogP contribution is -2.53. The normalized spacial score (nSPS) is 34.5. The van der Waals surface area contributed by atoms with Gasteiger partial charge in [-0.15, -0.1) is 0 Å². The lowest BCUT2D eigenvalue weighted by molar-refractivity contribution is 0.0755. The molecule has 3 aliphatic rings. The van der Waals surface area contributed by atoms with Crippen LogP contribution in [-0.4, -0.2) is 27.8 Å². The number of carbonyl (C=O) groups is 1. The van der Waals surface area contributed by atoms with Crippen molar-refractivity contribution in [1.29, 1.82) is 0 Å². The predicted molar refractivity (Wildman–Crippen MR) is 84.5 cm³/mol. The number of nitrogens with zero attached hydrogens (tertiary/aromatic N) is 2. The molecule has 2 bridgehead atoms. The van der Waals surface area contributed by atoms with Gasteiger partial charge >= 0.3 is 0 Å². The Bertz CT molecular complexity index is 563. The van der Waals surface area contributed by atoms with E-state index in [4.69, 9.17) is 5.73 Å². The second-order valence-electron chi connectivity index (χ2n) is 7.52. The van der Waals surface area contributed by atoms with E-state index in [-0.39, 0.29) is 5.91 Å². The number of rotatable bonds is 3. The maximum absolute atomic E-state index is 12.8. The Hall–Kier alpha value is -1.36. The van der Waals surface area contributed by atoms with E-state index in [1.54, 1.807) is 6.20 Å². The van der Waals surface area contributed by atoms with E-state index in [0.717, 1.165) is 24.1 Å². The molecule has 0 spiro atoms. The first-order valence-electron chi connectivity index (χ1n) is 8.72. The van der Waals surface area contributed by atoms with Crippen LogP contribution in [0.25, 0.3) is 0 Å². The van der Waals surface area contributed by atoms with E-state index in [1.165, 1.54) is 32.1 Å². The lowest BCUT2D eigenvalue weighted by atomic mass is 9.67. The average molecular weight is 302 g/mol. The number of aromatic nitrogens is 2. The quantitative estimate of drug-likeness (QED) is 0.896. The Morgan fingerprint density at radius 3 is 2.59 bits per heavy atom. The predicted octanol–water partition coefficient (Wildman–Crippen LogP) is 1.93. The van der Waals surface area contributed by atoms with Crippen LogP contribution in [-0.2, 0) is 7.05 Å². The molecular weight excluding hydrogens is 276 g/mol. The monoisotopic (exact) mass is 302 g/mol. The number of nitrogens with two attached hydrogens (primary N) is 1. The molecule has 0 saturated heterocycles. The minimum Gasteiger partial charge on any atom is -0.349 e. The van der Waals surface area contributed by atoms with Crippen LogP contribution >= 0.6 is 0 Å². The second kappa shape index (κ2) is 5.37. The zero-order valence-electron chi connectivity index (χ0n) is 13.3. The van der Waals surface area contributed by atoms with Crippen molar-refractivity contribution in [2.24, 2.45) is 24.6 Å². The largest absolute Gasteiger partial charge is 0.349 e. The fourth-order valence-electron chi connectivity index (χ4n) is 4.72. The number of amides is 1. The minimum absolute atomic E-state index is 0.0763. The molecule has 3 fully saturated rings. The van der Waals surface area contributed by atoms with Gasteiger partial charge in [0.1, 0.15) is 0 Å². The molecule has 5 nitrogen and oxygen atoms in total. The second-order valence-corrected chi connectivity index (χ2v) is 7.52. The molecule has 4 rings (SSSR count). The third kappa shape index (κ3) is 2.45. The molecular formula is C17H26N4O. The summed E-state index contributed by atoms with van der Waals surface area (Å²) in [5.74, 6) is 1.74. The number of nitrogens with one attached hydrogen (secondary N) is 1. The maximum Gasteiger partial charge on any atom is 0.255 e. The van der Waals surface area contributed by atoms with Gasteiger partial charge in [0.2, 0.25) is 0 Å². The highest BCUT2D eigenvalue weighted by Crippen LogP contribution is 2.42. The summed E-state index contributed by atoms with van der Waals surface area (Å²) in [5.41, 5.74) is 8.09. The van der Waals surface area contributed by atoms with Gasteiger partial charge < -0.3 is 11.1 Å². The van der Waals surface area contributed by atoms with Crippen molar-refractivity contribution in [2.45, 2.75) is 62.9 Å². The Labute approximate surface area is 131 Å². The van der Waals surface area contributed by atoms with E-state index in [1.807, 2.05) is 11.7 Å². The van der Waals surface area contributed by atoms with Gasteiger partial charge in [0, 0.05) is 25.0 Å². The summed E-state index contributed by atoms with van der Waals surface area (Å²) < 4.78 is 1.88. The van der Waals surface area contributed by atoms with Crippen molar-refractivity contribution < 1.29 is 4.79 Å². The van der Waals surface area contributed by atoms with Gasteiger partial charge in [-0.2, -0.15) is 5.10 Å².